The summed E-state index contributed by atoms with van der Waals surface area (Å²) in [7, 11) is 0. The smallest absolute Gasteiger partial charge is 0.0722 e. The second-order valence-corrected chi connectivity index (χ2v) is 2.50. The van der Waals surface area contributed by atoms with Crippen molar-refractivity contribution in [2.75, 3.05) is 5.73 Å². The molecule has 0 radical (unpaired) electrons. The lowest BCUT2D eigenvalue weighted by atomic mass is 10.2. The van der Waals surface area contributed by atoms with Crippen LogP contribution in [0.5, 0.6) is 0 Å². The van der Waals surface area contributed by atoms with Gasteiger partial charge in [-0.15, -0.1) is 0 Å². The number of aromatic nitrogens is 1. The molecule has 0 saturated carbocycles. The van der Waals surface area contributed by atoms with Crippen molar-refractivity contribution in [1.82, 2.24) is 4.98 Å². The maximum absolute atomic E-state index is 5.76. The maximum Gasteiger partial charge on any atom is 0.0722 e. The quantitative estimate of drug-likeness (QED) is 0.709. The maximum atomic E-state index is 5.76. The van der Waals surface area contributed by atoms with Crippen LogP contribution in [0.25, 0.3) is 12.2 Å². The lowest BCUT2D eigenvalue weighted by Crippen LogP contribution is -2.30. The van der Waals surface area contributed by atoms with Gasteiger partial charge in [-0.25, -0.2) is 0 Å². The first kappa shape index (κ1) is 9.26. The van der Waals surface area contributed by atoms with E-state index in [1.165, 1.54) is 0 Å². The SMILES string of the molecule is C=C/C=c1/c(N)ccn/c1=C/C=C. The first-order chi connectivity index (χ1) is 6.29. The topological polar surface area (TPSA) is 38.9 Å². The molecule has 0 aromatic carbocycles. The van der Waals surface area contributed by atoms with Crippen LogP contribution in [0.15, 0.2) is 37.6 Å². The highest BCUT2D eigenvalue weighted by molar-refractivity contribution is 5.50. The van der Waals surface area contributed by atoms with E-state index in [-0.39, 0.29) is 0 Å². The molecule has 0 aliphatic carbocycles. The van der Waals surface area contributed by atoms with Crippen LogP contribution in [0, 0.1) is 0 Å². The molecule has 1 heterocycles. The van der Waals surface area contributed by atoms with E-state index >= 15 is 0 Å². The molecule has 1 rings (SSSR count). The largest absolute Gasteiger partial charge is 0.398 e. The van der Waals surface area contributed by atoms with Crippen LogP contribution >= 0.6 is 0 Å². The highest BCUT2D eigenvalue weighted by Gasteiger charge is 1.89. The number of nitrogen functional groups attached to an aromatic ring is 1. The number of hydrogen-bond acceptors (Lipinski definition) is 2. The van der Waals surface area contributed by atoms with E-state index < -0.39 is 0 Å². The van der Waals surface area contributed by atoms with E-state index in [1.54, 1.807) is 24.4 Å². The molecule has 1 aromatic heterocycles. The predicted octanol–water partition coefficient (Wildman–Crippen LogP) is 0.597. The van der Waals surface area contributed by atoms with E-state index in [4.69, 9.17) is 5.73 Å². The van der Waals surface area contributed by atoms with Crippen molar-refractivity contribution >= 4 is 17.8 Å². The molecule has 0 unspecified atom stereocenters. The third kappa shape index (κ3) is 2.06. The molecule has 2 heteroatoms. The van der Waals surface area contributed by atoms with Crippen molar-refractivity contribution in [2.24, 2.45) is 0 Å². The van der Waals surface area contributed by atoms with E-state index in [9.17, 15) is 0 Å². The number of rotatable bonds is 2. The van der Waals surface area contributed by atoms with Gasteiger partial charge in [0, 0.05) is 17.1 Å². The highest BCUT2D eigenvalue weighted by atomic mass is 14.7. The lowest BCUT2D eigenvalue weighted by molar-refractivity contribution is 1.23. The van der Waals surface area contributed by atoms with Crippen LogP contribution in [0.3, 0.4) is 0 Å². The Balaban J connectivity index is 3.62. The summed E-state index contributed by atoms with van der Waals surface area (Å²) >= 11 is 0. The predicted molar refractivity (Wildman–Crippen MR) is 57.2 cm³/mol. The van der Waals surface area contributed by atoms with E-state index in [2.05, 4.69) is 18.1 Å². The van der Waals surface area contributed by atoms with E-state index in [1.807, 2.05) is 12.2 Å². The Morgan fingerprint density at radius 1 is 1.23 bits per heavy atom. The van der Waals surface area contributed by atoms with Gasteiger partial charge in [-0.1, -0.05) is 31.4 Å². The summed E-state index contributed by atoms with van der Waals surface area (Å²) in [6.45, 7) is 7.23. The van der Waals surface area contributed by atoms with Gasteiger partial charge < -0.3 is 5.73 Å². The van der Waals surface area contributed by atoms with Crippen molar-refractivity contribution in [3.63, 3.8) is 0 Å². The molecule has 1 aromatic rings. The Morgan fingerprint density at radius 2 is 1.92 bits per heavy atom. The van der Waals surface area contributed by atoms with Crippen molar-refractivity contribution in [2.45, 2.75) is 0 Å². The fraction of sp³-hybridized carbons (Fsp3) is 0. The molecule has 13 heavy (non-hydrogen) atoms. The summed E-state index contributed by atoms with van der Waals surface area (Å²) < 4.78 is 0. The minimum absolute atomic E-state index is 0.697. The van der Waals surface area contributed by atoms with E-state index in [0.29, 0.717) is 5.69 Å². The van der Waals surface area contributed by atoms with Gasteiger partial charge in [-0.3, -0.25) is 4.98 Å². The summed E-state index contributed by atoms with van der Waals surface area (Å²) in [5.74, 6) is 0. The number of hydrogen-bond donors (Lipinski definition) is 1. The standard InChI is InChI=1S/C11H12N2/c1-3-5-9-10(12)7-8-13-11(9)6-4-2/h3-8H,1-2,12H2/b9-5-,11-6+. The zero-order valence-electron chi connectivity index (χ0n) is 7.40. The summed E-state index contributed by atoms with van der Waals surface area (Å²) in [5, 5.41) is 1.70. The van der Waals surface area contributed by atoms with Gasteiger partial charge in [-0.2, -0.15) is 0 Å². The molecule has 66 valence electrons. The third-order valence-corrected chi connectivity index (χ3v) is 1.61. The second-order valence-electron chi connectivity index (χ2n) is 2.50. The molecule has 0 aliphatic rings. The van der Waals surface area contributed by atoms with Gasteiger partial charge in [0.25, 0.3) is 0 Å². The number of allylic oxidation sites excluding steroid dienone is 2. The average Bonchev–Trinajstić information content (AvgIpc) is 2.11. The van der Waals surface area contributed by atoms with Gasteiger partial charge in [0.05, 0.1) is 5.35 Å². The molecule has 0 aliphatic heterocycles. The molecule has 0 spiro atoms. The van der Waals surface area contributed by atoms with Gasteiger partial charge in [-0.05, 0) is 12.1 Å². The fourth-order valence-corrected chi connectivity index (χ4v) is 1.05. The van der Waals surface area contributed by atoms with Crippen LogP contribution in [-0.2, 0) is 0 Å². The molecular formula is C11H12N2. The fourth-order valence-electron chi connectivity index (χ4n) is 1.05. The summed E-state index contributed by atoms with van der Waals surface area (Å²) in [6, 6.07) is 1.76. The van der Waals surface area contributed by atoms with Gasteiger partial charge in [0.15, 0.2) is 0 Å². The van der Waals surface area contributed by atoms with Crippen LogP contribution < -0.4 is 16.3 Å². The molecule has 0 atom stereocenters. The van der Waals surface area contributed by atoms with Gasteiger partial charge in [0.1, 0.15) is 0 Å². The van der Waals surface area contributed by atoms with Gasteiger partial charge >= 0.3 is 0 Å². The molecule has 0 amide bonds. The first-order valence-corrected chi connectivity index (χ1v) is 3.95. The zero-order chi connectivity index (χ0) is 9.68. The lowest BCUT2D eigenvalue weighted by Gasteiger charge is -1.93. The van der Waals surface area contributed by atoms with Crippen LogP contribution in [0.2, 0.25) is 0 Å². The number of anilines is 1. The Bertz CT molecular complexity index is 430. The third-order valence-electron chi connectivity index (χ3n) is 1.61. The number of nitrogens with zero attached hydrogens (tertiary/aromatic N) is 1. The minimum atomic E-state index is 0.697. The normalized spacial score (nSPS) is 12.9. The minimum Gasteiger partial charge on any atom is -0.398 e. The molecule has 2 nitrogen and oxygen atoms in total. The summed E-state index contributed by atoms with van der Waals surface area (Å²) in [5.41, 5.74) is 6.46. The molecule has 0 bridgehead atoms. The first-order valence-electron chi connectivity index (χ1n) is 3.95. The second kappa shape index (κ2) is 4.26. The summed E-state index contributed by atoms with van der Waals surface area (Å²) in [6.07, 6.45) is 8.68. The van der Waals surface area contributed by atoms with Crippen molar-refractivity contribution in [3.8, 4) is 0 Å². The average molecular weight is 172 g/mol. The molecule has 0 fully saturated rings. The zero-order valence-corrected chi connectivity index (χ0v) is 7.40. The Labute approximate surface area is 77.4 Å². The van der Waals surface area contributed by atoms with Gasteiger partial charge in [0.2, 0.25) is 0 Å². The van der Waals surface area contributed by atoms with E-state index in [0.717, 1.165) is 10.6 Å². The van der Waals surface area contributed by atoms with Crippen molar-refractivity contribution in [1.29, 1.82) is 0 Å². The monoisotopic (exact) mass is 172 g/mol. The Hall–Kier alpha value is -1.83. The van der Waals surface area contributed by atoms with Crippen LogP contribution in [0.1, 0.15) is 0 Å². The van der Waals surface area contributed by atoms with Crippen LogP contribution in [0.4, 0.5) is 5.69 Å². The number of pyridine rings is 1. The summed E-state index contributed by atoms with van der Waals surface area (Å²) in [4.78, 5) is 4.16. The Morgan fingerprint density at radius 3 is 2.54 bits per heavy atom. The Kier molecular flexibility index (Phi) is 3.03. The number of nitrogens with two attached hydrogens (primary N) is 1. The van der Waals surface area contributed by atoms with Crippen LogP contribution in [-0.4, -0.2) is 4.98 Å². The van der Waals surface area contributed by atoms with Crippen molar-refractivity contribution in [3.05, 3.63) is 48.1 Å². The molecule has 2 N–H and O–H groups in total. The highest BCUT2D eigenvalue weighted by Crippen LogP contribution is 1.85. The molecular weight excluding hydrogens is 160 g/mol. The van der Waals surface area contributed by atoms with Crippen molar-refractivity contribution < 1.29 is 0 Å². The molecule has 0 saturated heterocycles.